The quantitative estimate of drug-likeness (QED) is 0.867. The van der Waals surface area contributed by atoms with Gasteiger partial charge in [-0.3, -0.25) is 14.6 Å². The van der Waals surface area contributed by atoms with Crippen LogP contribution in [0.4, 0.5) is 0 Å². The highest BCUT2D eigenvalue weighted by molar-refractivity contribution is 7.16. The number of amides is 1. The third-order valence-electron chi connectivity index (χ3n) is 4.39. The second-order valence-electron chi connectivity index (χ2n) is 6.46. The molecule has 0 aromatic carbocycles. The van der Waals surface area contributed by atoms with Crippen LogP contribution in [-0.2, 0) is 4.79 Å². The van der Waals surface area contributed by atoms with Gasteiger partial charge in [0.15, 0.2) is 5.78 Å². The van der Waals surface area contributed by atoms with Crippen molar-refractivity contribution in [1.82, 2.24) is 15.3 Å². The summed E-state index contributed by atoms with van der Waals surface area (Å²) in [6, 6.07) is 3.49. The van der Waals surface area contributed by atoms with Gasteiger partial charge in [0.25, 0.3) is 5.91 Å². The number of carbonyl (C=O) groups excluding carboxylic acids is 2. The normalized spacial score (nSPS) is 21.3. The Hall–Kier alpha value is -2.08. The number of thiazole rings is 1. The predicted octanol–water partition coefficient (Wildman–Crippen LogP) is 3.39. The Labute approximate surface area is 145 Å². The fourth-order valence-corrected chi connectivity index (χ4v) is 3.64. The Morgan fingerprint density at radius 1 is 1.29 bits per heavy atom. The van der Waals surface area contributed by atoms with E-state index >= 15 is 0 Å². The molecule has 2 atom stereocenters. The minimum absolute atomic E-state index is 0.137. The van der Waals surface area contributed by atoms with Gasteiger partial charge in [0, 0.05) is 12.6 Å². The number of nitrogens with zero attached hydrogens (tertiary/aromatic N) is 2. The van der Waals surface area contributed by atoms with Gasteiger partial charge >= 0.3 is 0 Å². The summed E-state index contributed by atoms with van der Waals surface area (Å²) in [6.07, 6.45) is 6.44. The fourth-order valence-electron chi connectivity index (χ4n) is 2.85. The summed E-state index contributed by atoms with van der Waals surface area (Å²) >= 11 is 1.30. The molecule has 1 aliphatic rings. The maximum Gasteiger partial charge on any atom is 0.263 e. The van der Waals surface area contributed by atoms with Gasteiger partial charge in [-0.05, 0) is 49.8 Å². The third kappa shape index (κ3) is 3.87. The first-order chi connectivity index (χ1) is 11.5. The number of pyridine rings is 1. The van der Waals surface area contributed by atoms with Crippen molar-refractivity contribution in [1.29, 1.82) is 0 Å². The smallest absolute Gasteiger partial charge is 0.263 e. The summed E-state index contributed by atoms with van der Waals surface area (Å²) in [6.45, 7) is 4.15. The van der Waals surface area contributed by atoms with Gasteiger partial charge in [0.05, 0.1) is 17.9 Å². The van der Waals surface area contributed by atoms with Gasteiger partial charge < -0.3 is 5.32 Å². The molecular weight excluding hydrogens is 322 g/mol. The summed E-state index contributed by atoms with van der Waals surface area (Å²) in [5.74, 6) is 0.454. The van der Waals surface area contributed by atoms with E-state index < -0.39 is 0 Å². The molecule has 1 fully saturated rings. The van der Waals surface area contributed by atoms with Crippen LogP contribution in [0.1, 0.15) is 47.8 Å². The van der Waals surface area contributed by atoms with Crippen molar-refractivity contribution in [3.05, 3.63) is 35.0 Å². The summed E-state index contributed by atoms with van der Waals surface area (Å²) in [4.78, 5) is 33.7. The lowest BCUT2D eigenvalue weighted by molar-refractivity contribution is -0.120. The number of ketones is 1. The number of hydrogen-bond acceptors (Lipinski definition) is 5. The molecule has 2 aromatic heterocycles. The lowest BCUT2D eigenvalue weighted by atomic mass is 10.0. The highest BCUT2D eigenvalue weighted by Gasteiger charge is 2.26. The monoisotopic (exact) mass is 343 g/mol. The maximum absolute atomic E-state index is 12.5. The van der Waals surface area contributed by atoms with Crippen LogP contribution in [-0.4, -0.2) is 27.7 Å². The second-order valence-corrected chi connectivity index (χ2v) is 7.49. The van der Waals surface area contributed by atoms with Gasteiger partial charge in [0.2, 0.25) is 0 Å². The summed E-state index contributed by atoms with van der Waals surface area (Å²) in [7, 11) is 0. The van der Waals surface area contributed by atoms with Crippen LogP contribution in [0.3, 0.4) is 0 Å². The minimum Gasteiger partial charge on any atom is -0.341 e. The van der Waals surface area contributed by atoms with Gasteiger partial charge in [-0.1, -0.05) is 6.92 Å². The topological polar surface area (TPSA) is 72.0 Å². The standard InChI is InChI=1S/C18H21N3O2S/c1-11-3-5-13(15(22)6-4-11)21-17(23)16-10-20-18(24-16)14-9-12(2)7-8-19-14/h7-11,13H,3-6H2,1-2H3,(H,21,23). The first kappa shape index (κ1) is 16.8. The van der Waals surface area contributed by atoms with Crippen molar-refractivity contribution in [2.24, 2.45) is 5.92 Å². The molecule has 1 saturated carbocycles. The molecule has 6 heteroatoms. The van der Waals surface area contributed by atoms with Gasteiger partial charge in [-0.2, -0.15) is 0 Å². The zero-order valence-corrected chi connectivity index (χ0v) is 14.7. The van der Waals surface area contributed by atoms with Crippen molar-refractivity contribution in [2.75, 3.05) is 0 Å². The Balaban J connectivity index is 1.71. The molecule has 0 radical (unpaired) electrons. The van der Waals surface area contributed by atoms with E-state index in [1.54, 1.807) is 12.4 Å². The maximum atomic E-state index is 12.5. The summed E-state index contributed by atoms with van der Waals surface area (Å²) in [5.41, 5.74) is 1.86. The van der Waals surface area contributed by atoms with Crippen molar-refractivity contribution < 1.29 is 9.59 Å². The zero-order chi connectivity index (χ0) is 17.1. The van der Waals surface area contributed by atoms with Crippen molar-refractivity contribution in [3.8, 4) is 10.7 Å². The lowest BCUT2D eigenvalue weighted by Gasteiger charge is -2.14. The summed E-state index contributed by atoms with van der Waals surface area (Å²) in [5, 5.41) is 3.60. The Bertz CT molecular complexity index is 756. The molecule has 0 spiro atoms. The van der Waals surface area contributed by atoms with Crippen LogP contribution in [0.25, 0.3) is 10.7 Å². The van der Waals surface area contributed by atoms with E-state index in [1.807, 2.05) is 19.1 Å². The van der Waals surface area contributed by atoms with Gasteiger partial charge in [-0.15, -0.1) is 11.3 Å². The number of Topliss-reactive ketones (excluding diaryl/α,β-unsaturated/α-hetero) is 1. The van der Waals surface area contributed by atoms with E-state index in [-0.39, 0.29) is 17.7 Å². The predicted molar refractivity (Wildman–Crippen MR) is 94.0 cm³/mol. The van der Waals surface area contributed by atoms with Gasteiger partial charge in [0.1, 0.15) is 9.88 Å². The van der Waals surface area contributed by atoms with E-state index in [2.05, 4.69) is 22.2 Å². The number of carbonyl (C=O) groups is 2. The minimum atomic E-state index is -0.370. The molecule has 1 amide bonds. The number of rotatable bonds is 3. The molecule has 1 aliphatic carbocycles. The molecule has 126 valence electrons. The van der Waals surface area contributed by atoms with Crippen molar-refractivity contribution >= 4 is 23.0 Å². The molecule has 24 heavy (non-hydrogen) atoms. The van der Waals surface area contributed by atoms with E-state index in [0.29, 0.717) is 22.2 Å². The first-order valence-electron chi connectivity index (χ1n) is 8.25. The van der Waals surface area contributed by atoms with Crippen LogP contribution in [0.15, 0.2) is 24.5 Å². The van der Waals surface area contributed by atoms with Crippen LogP contribution >= 0.6 is 11.3 Å². The third-order valence-corrected chi connectivity index (χ3v) is 5.41. The van der Waals surface area contributed by atoms with Crippen LogP contribution < -0.4 is 5.32 Å². The second kappa shape index (κ2) is 7.21. The molecule has 0 aliphatic heterocycles. The molecular formula is C18H21N3O2S. The van der Waals surface area contributed by atoms with Gasteiger partial charge in [-0.25, -0.2) is 4.98 Å². The van der Waals surface area contributed by atoms with E-state index in [0.717, 1.165) is 30.5 Å². The highest BCUT2D eigenvalue weighted by atomic mass is 32.1. The summed E-state index contributed by atoms with van der Waals surface area (Å²) < 4.78 is 0. The molecule has 1 N–H and O–H groups in total. The number of aryl methyl sites for hydroxylation is 1. The SMILES string of the molecule is Cc1ccnc(-c2ncc(C(=O)NC3CCC(C)CCC3=O)s2)c1. The van der Waals surface area contributed by atoms with E-state index in [1.165, 1.54) is 11.3 Å². The van der Waals surface area contributed by atoms with E-state index in [4.69, 9.17) is 0 Å². The molecule has 2 unspecified atom stereocenters. The number of aromatic nitrogens is 2. The average molecular weight is 343 g/mol. The highest BCUT2D eigenvalue weighted by Crippen LogP contribution is 2.25. The fraction of sp³-hybridized carbons (Fsp3) is 0.444. The molecule has 2 aromatic rings. The van der Waals surface area contributed by atoms with Crippen LogP contribution in [0.5, 0.6) is 0 Å². The average Bonchev–Trinajstić information content (AvgIpc) is 3.00. The molecule has 2 heterocycles. The molecule has 5 nitrogen and oxygen atoms in total. The first-order valence-corrected chi connectivity index (χ1v) is 9.07. The molecule has 0 saturated heterocycles. The van der Waals surface area contributed by atoms with Crippen molar-refractivity contribution in [3.63, 3.8) is 0 Å². The van der Waals surface area contributed by atoms with Crippen LogP contribution in [0.2, 0.25) is 0 Å². The molecule has 0 bridgehead atoms. The Morgan fingerprint density at radius 2 is 2.12 bits per heavy atom. The number of nitrogens with one attached hydrogen (secondary N) is 1. The zero-order valence-electron chi connectivity index (χ0n) is 13.9. The molecule has 3 rings (SSSR count). The number of hydrogen-bond donors (Lipinski definition) is 1. The Kier molecular flexibility index (Phi) is 5.04. The largest absolute Gasteiger partial charge is 0.341 e. The Morgan fingerprint density at radius 3 is 2.92 bits per heavy atom. The van der Waals surface area contributed by atoms with Crippen molar-refractivity contribution in [2.45, 2.75) is 45.6 Å². The van der Waals surface area contributed by atoms with Crippen LogP contribution in [0, 0.1) is 12.8 Å². The lowest BCUT2D eigenvalue weighted by Crippen LogP contribution is -2.39. The van der Waals surface area contributed by atoms with E-state index in [9.17, 15) is 9.59 Å².